The van der Waals surface area contributed by atoms with E-state index in [1.54, 1.807) is 41.2 Å². The van der Waals surface area contributed by atoms with Crippen molar-refractivity contribution in [1.82, 2.24) is 0 Å². The van der Waals surface area contributed by atoms with Gasteiger partial charge in [-0.25, -0.2) is 0 Å². The van der Waals surface area contributed by atoms with Gasteiger partial charge in [-0.05, 0) is 67.8 Å². The maximum absolute atomic E-state index is 13.5. The SMILES string of the molecule is COOC(=N)C1=C(Nc2ccc(OC)cc2)C(=O)N(c2ccc(N3CCCCC3=O)cc2)CC1. The predicted octanol–water partition coefficient (Wildman–Crippen LogP) is 3.87. The van der Waals surface area contributed by atoms with E-state index in [1.165, 1.54) is 7.11 Å². The molecule has 9 nitrogen and oxygen atoms in total. The van der Waals surface area contributed by atoms with E-state index in [4.69, 9.17) is 15.0 Å². The Labute approximate surface area is 198 Å². The number of benzene rings is 2. The van der Waals surface area contributed by atoms with Crippen LogP contribution in [0.25, 0.3) is 0 Å². The number of nitrogens with zero attached hydrogens (tertiary/aromatic N) is 2. The molecular formula is C25H28N4O5. The number of ether oxygens (including phenoxy) is 1. The number of methoxy groups -OCH3 is 1. The zero-order chi connectivity index (χ0) is 24.1. The first-order valence-corrected chi connectivity index (χ1v) is 11.2. The van der Waals surface area contributed by atoms with Gasteiger partial charge in [0.1, 0.15) is 11.4 Å². The molecule has 2 N–H and O–H groups in total. The average molecular weight is 465 g/mol. The van der Waals surface area contributed by atoms with Gasteiger partial charge in [0.25, 0.3) is 11.8 Å². The van der Waals surface area contributed by atoms with Crippen molar-refractivity contribution in [2.45, 2.75) is 25.7 Å². The molecule has 0 bridgehead atoms. The van der Waals surface area contributed by atoms with Gasteiger partial charge >= 0.3 is 0 Å². The van der Waals surface area contributed by atoms with Gasteiger partial charge in [-0.3, -0.25) is 15.0 Å². The first kappa shape index (κ1) is 23.3. The molecule has 0 saturated carbocycles. The summed E-state index contributed by atoms with van der Waals surface area (Å²) in [6, 6.07) is 14.6. The van der Waals surface area contributed by atoms with Gasteiger partial charge in [-0.2, -0.15) is 4.89 Å². The lowest BCUT2D eigenvalue weighted by Crippen LogP contribution is -2.41. The summed E-state index contributed by atoms with van der Waals surface area (Å²) >= 11 is 0. The number of hydrogen-bond acceptors (Lipinski definition) is 7. The van der Waals surface area contributed by atoms with E-state index in [1.807, 2.05) is 24.3 Å². The summed E-state index contributed by atoms with van der Waals surface area (Å²) in [6.45, 7) is 1.09. The van der Waals surface area contributed by atoms with Gasteiger partial charge in [0.2, 0.25) is 5.91 Å². The van der Waals surface area contributed by atoms with Crippen LogP contribution >= 0.6 is 0 Å². The molecule has 0 unspecified atom stereocenters. The highest BCUT2D eigenvalue weighted by Gasteiger charge is 2.31. The Bertz CT molecular complexity index is 1100. The molecule has 2 aromatic rings. The summed E-state index contributed by atoms with van der Waals surface area (Å²) in [5.41, 5.74) is 2.89. The molecule has 2 amide bonds. The fourth-order valence-corrected chi connectivity index (χ4v) is 4.16. The van der Waals surface area contributed by atoms with Crippen LogP contribution in [0.5, 0.6) is 5.75 Å². The maximum Gasteiger partial charge on any atom is 0.275 e. The highest BCUT2D eigenvalue weighted by molar-refractivity contribution is 6.14. The number of rotatable bonds is 7. The van der Waals surface area contributed by atoms with Crippen LogP contribution in [-0.2, 0) is 19.4 Å². The maximum atomic E-state index is 13.5. The van der Waals surface area contributed by atoms with Crippen molar-refractivity contribution < 1.29 is 24.1 Å². The van der Waals surface area contributed by atoms with E-state index < -0.39 is 0 Å². The summed E-state index contributed by atoms with van der Waals surface area (Å²) in [5, 5.41) is 11.3. The second kappa shape index (κ2) is 10.4. The summed E-state index contributed by atoms with van der Waals surface area (Å²) in [5.74, 6) is 0.316. The lowest BCUT2D eigenvalue weighted by atomic mass is 10.0. The van der Waals surface area contributed by atoms with Crippen LogP contribution in [0, 0.1) is 5.41 Å². The first-order valence-electron chi connectivity index (χ1n) is 11.2. The summed E-state index contributed by atoms with van der Waals surface area (Å²) in [7, 11) is 2.90. The molecule has 1 fully saturated rings. The van der Waals surface area contributed by atoms with Crippen molar-refractivity contribution in [3.05, 3.63) is 59.8 Å². The van der Waals surface area contributed by atoms with Crippen molar-refractivity contribution in [2.24, 2.45) is 0 Å². The molecule has 0 atom stereocenters. The molecule has 2 aromatic carbocycles. The molecule has 34 heavy (non-hydrogen) atoms. The number of nitrogens with one attached hydrogen (secondary N) is 2. The number of piperidine rings is 1. The third-order valence-corrected chi connectivity index (χ3v) is 5.94. The second-order valence-electron chi connectivity index (χ2n) is 8.01. The van der Waals surface area contributed by atoms with Gasteiger partial charge in [-0.1, -0.05) is 0 Å². The number of amides is 2. The molecule has 4 rings (SSSR count). The topological polar surface area (TPSA) is 104 Å². The van der Waals surface area contributed by atoms with Crippen molar-refractivity contribution >= 4 is 34.8 Å². The zero-order valence-electron chi connectivity index (χ0n) is 19.3. The van der Waals surface area contributed by atoms with E-state index >= 15 is 0 Å². The molecule has 0 spiro atoms. The summed E-state index contributed by atoms with van der Waals surface area (Å²) in [6.07, 6.45) is 2.88. The largest absolute Gasteiger partial charge is 0.497 e. The van der Waals surface area contributed by atoms with Crippen molar-refractivity contribution in [1.29, 1.82) is 5.41 Å². The van der Waals surface area contributed by atoms with Crippen molar-refractivity contribution in [3.8, 4) is 5.75 Å². The first-order chi connectivity index (χ1) is 16.5. The van der Waals surface area contributed by atoms with Crippen LogP contribution in [0.4, 0.5) is 17.1 Å². The quantitative estimate of drug-likeness (QED) is 0.279. The molecule has 2 aliphatic rings. The standard InChI is InChI=1S/C25H28N4O5/c1-32-20-12-6-17(7-13-20)27-23-21(24(26)34-33-2)14-16-29(25(23)31)19-10-8-18(9-11-19)28-15-4-3-5-22(28)30/h6-13,26-27H,3-5,14-16H2,1-2H3. The Morgan fingerprint density at radius 3 is 2.18 bits per heavy atom. The third kappa shape index (κ3) is 4.89. The number of hydrogen-bond donors (Lipinski definition) is 2. The zero-order valence-corrected chi connectivity index (χ0v) is 19.3. The van der Waals surface area contributed by atoms with Gasteiger partial charge in [0.05, 0.1) is 14.2 Å². The van der Waals surface area contributed by atoms with Crippen LogP contribution < -0.4 is 19.9 Å². The van der Waals surface area contributed by atoms with E-state index in [9.17, 15) is 9.59 Å². The minimum atomic E-state index is -0.289. The molecule has 1 saturated heterocycles. The van der Waals surface area contributed by atoms with Crippen molar-refractivity contribution in [2.75, 3.05) is 42.4 Å². The molecular weight excluding hydrogens is 436 g/mol. The van der Waals surface area contributed by atoms with Crippen LogP contribution in [0.1, 0.15) is 25.7 Å². The van der Waals surface area contributed by atoms with Crippen LogP contribution in [0.2, 0.25) is 0 Å². The van der Waals surface area contributed by atoms with E-state index in [0.717, 1.165) is 18.5 Å². The molecule has 2 aliphatic heterocycles. The monoisotopic (exact) mass is 464 g/mol. The third-order valence-electron chi connectivity index (χ3n) is 5.94. The van der Waals surface area contributed by atoms with E-state index in [0.29, 0.717) is 48.6 Å². The molecule has 0 aliphatic carbocycles. The lowest BCUT2D eigenvalue weighted by molar-refractivity contribution is -0.194. The van der Waals surface area contributed by atoms with Gasteiger partial charge in [0.15, 0.2) is 0 Å². The molecule has 0 aromatic heterocycles. The fraction of sp³-hybridized carbons (Fsp3) is 0.320. The number of carbonyl (C=O) groups excluding carboxylic acids is 2. The predicted molar refractivity (Wildman–Crippen MR) is 129 cm³/mol. The number of anilines is 3. The molecule has 2 heterocycles. The molecule has 0 radical (unpaired) electrons. The normalized spacial score (nSPS) is 16.5. The summed E-state index contributed by atoms with van der Waals surface area (Å²) in [4.78, 5) is 38.8. The number of carbonyl (C=O) groups is 2. The average Bonchev–Trinajstić information content (AvgIpc) is 2.86. The Morgan fingerprint density at radius 2 is 1.56 bits per heavy atom. The van der Waals surface area contributed by atoms with Crippen LogP contribution in [-0.4, -0.2) is 45.0 Å². The molecule has 9 heteroatoms. The van der Waals surface area contributed by atoms with Gasteiger partial charge in [0, 0.05) is 42.1 Å². The Balaban J connectivity index is 1.59. The Kier molecular flexibility index (Phi) is 7.12. The minimum Gasteiger partial charge on any atom is -0.497 e. The Hall–Kier alpha value is -3.85. The van der Waals surface area contributed by atoms with Gasteiger partial charge in [-0.15, -0.1) is 0 Å². The highest BCUT2D eigenvalue weighted by atomic mass is 17.2. The highest BCUT2D eigenvalue weighted by Crippen LogP contribution is 2.30. The molecule has 178 valence electrons. The van der Waals surface area contributed by atoms with E-state index in [2.05, 4.69) is 10.2 Å². The minimum absolute atomic E-state index is 0.128. The van der Waals surface area contributed by atoms with E-state index in [-0.39, 0.29) is 23.4 Å². The van der Waals surface area contributed by atoms with Crippen LogP contribution in [0.15, 0.2) is 59.8 Å². The fourth-order valence-electron chi connectivity index (χ4n) is 4.16. The Morgan fingerprint density at radius 1 is 0.882 bits per heavy atom. The van der Waals surface area contributed by atoms with Gasteiger partial charge < -0.3 is 24.7 Å². The smallest absolute Gasteiger partial charge is 0.275 e. The van der Waals surface area contributed by atoms with Crippen molar-refractivity contribution in [3.63, 3.8) is 0 Å². The second-order valence-corrected chi connectivity index (χ2v) is 8.01. The summed E-state index contributed by atoms with van der Waals surface area (Å²) < 4.78 is 5.20. The van der Waals surface area contributed by atoms with Crippen LogP contribution in [0.3, 0.4) is 0 Å². The lowest BCUT2D eigenvalue weighted by Gasteiger charge is -2.31.